The summed E-state index contributed by atoms with van der Waals surface area (Å²) in [5.41, 5.74) is 0. The van der Waals surface area contributed by atoms with Gasteiger partial charge in [0.2, 0.25) is 4.38 Å². The van der Waals surface area contributed by atoms with Gasteiger partial charge in [0.1, 0.15) is 0 Å². The molecule has 0 spiro atoms. The molecule has 0 unspecified atom stereocenters. The summed E-state index contributed by atoms with van der Waals surface area (Å²) in [6.45, 7) is 7.06. The van der Waals surface area contributed by atoms with Gasteiger partial charge in [0, 0.05) is 0 Å². The van der Waals surface area contributed by atoms with Crippen LogP contribution in [0, 0.1) is 5.92 Å². The van der Waals surface area contributed by atoms with Crippen LogP contribution >= 0.6 is 23.6 Å². The number of thiocarbonyl (C=S) groups is 1. The van der Waals surface area contributed by atoms with E-state index in [4.69, 9.17) is 17.0 Å². The maximum atomic E-state index is 5.29. The van der Waals surface area contributed by atoms with Crippen LogP contribution in [0.5, 0.6) is 0 Å². The normalized spacial score (nSPS) is 11.6. The van der Waals surface area contributed by atoms with E-state index >= 15 is 0 Å². The Morgan fingerprint density at radius 2 is 2.27 bits per heavy atom. The Balaban J connectivity index is 3.45. The fourth-order valence-electron chi connectivity index (χ4n) is 0.441. The third kappa shape index (κ3) is 8.01. The van der Waals surface area contributed by atoms with E-state index in [0.717, 1.165) is 24.4 Å². The Labute approximate surface area is 78.1 Å². The van der Waals surface area contributed by atoms with Crippen molar-refractivity contribution in [3.63, 3.8) is 0 Å². The van der Waals surface area contributed by atoms with Crippen LogP contribution in [0.15, 0.2) is 0 Å². The van der Waals surface area contributed by atoms with Crippen molar-refractivity contribution < 1.29 is 4.74 Å². The highest BCUT2D eigenvalue weighted by Crippen LogP contribution is 1.99. The maximum absolute atomic E-state index is 5.29. The van der Waals surface area contributed by atoms with E-state index in [0.29, 0.717) is 10.3 Å². The standard InChI is InChI=1S/C8H16OS2/c1-4-5-11-8(10)9-6-7(2)3/h5,7,11H,4,6H2,1-3H3. The molecule has 0 amide bonds. The quantitative estimate of drug-likeness (QED) is 0.544. The molecule has 0 heterocycles. The summed E-state index contributed by atoms with van der Waals surface area (Å²) in [6, 6.07) is 0. The molecule has 0 radical (unpaired) electrons. The van der Waals surface area contributed by atoms with Crippen LogP contribution in [0.25, 0.3) is 0 Å². The zero-order chi connectivity index (χ0) is 8.69. The van der Waals surface area contributed by atoms with Crippen LogP contribution in [0.4, 0.5) is 0 Å². The van der Waals surface area contributed by atoms with Crippen LogP contribution in [-0.2, 0) is 4.74 Å². The van der Waals surface area contributed by atoms with Gasteiger partial charge in [-0.05, 0) is 24.6 Å². The molecule has 0 N–H and O–H groups in total. The minimum absolute atomic E-state index is 0.560. The van der Waals surface area contributed by atoms with Gasteiger partial charge in [0.05, 0.1) is 6.61 Å². The number of hydrogen-bond donors (Lipinski definition) is 1. The average Bonchev–Trinajstić information content (AvgIpc) is 1.97. The van der Waals surface area contributed by atoms with Gasteiger partial charge in [-0.3, -0.25) is 0 Å². The molecular formula is C8H16OS2. The lowest BCUT2D eigenvalue weighted by Crippen LogP contribution is -2.03. The zero-order valence-corrected chi connectivity index (χ0v) is 9.04. The summed E-state index contributed by atoms with van der Waals surface area (Å²) in [4.78, 5) is 0. The first-order valence-corrected chi connectivity index (χ1v) is 5.23. The Kier molecular flexibility index (Phi) is 6.87. The summed E-state index contributed by atoms with van der Waals surface area (Å²) in [6.07, 6.45) is 1.05. The molecule has 0 saturated carbocycles. The molecule has 11 heavy (non-hydrogen) atoms. The maximum Gasteiger partial charge on any atom is 0.211 e. The molecule has 0 aromatic heterocycles. The molecule has 0 aromatic rings. The first-order chi connectivity index (χ1) is 5.16. The Morgan fingerprint density at radius 3 is 2.73 bits per heavy atom. The van der Waals surface area contributed by atoms with Gasteiger partial charge in [-0.15, -0.1) is 11.4 Å². The highest BCUT2D eigenvalue weighted by molar-refractivity contribution is 8.21. The molecule has 0 aliphatic heterocycles. The minimum atomic E-state index is 0.560. The highest BCUT2D eigenvalue weighted by Gasteiger charge is 1.94. The van der Waals surface area contributed by atoms with E-state index in [1.807, 2.05) is 0 Å². The second-order valence-electron chi connectivity index (χ2n) is 2.69. The summed E-state index contributed by atoms with van der Waals surface area (Å²) < 4.78 is 5.99. The molecule has 0 rings (SSSR count). The Bertz CT molecular complexity index is 141. The predicted octanol–water partition coefficient (Wildman–Crippen LogP) is 2.62. The van der Waals surface area contributed by atoms with Gasteiger partial charge in [0.25, 0.3) is 0 Å². The van der Waals surface area contributed by atoms with Crippen LogP contribution in [0.3, 0.4) is 0 Å². The van der Waals surface area contributed by atoms with Crippen LogP contribution < -0.4 is 0 Å². The molecule has 1 nitrogen and oxygen atoms in total. The van der Waals surface area contributed by atoms with Crippen molar-refractivity contribution in [3.05, 3.63) is 0 Å². The van der Waals surface area contributed by atoms with Crippen molar-refractivity contribution in [3.8, 4) is 0 Å². The smallest absolute Gasteiger partial charge is 0.211 e. The molecule has 0 aliphatic rings. The van der Waals surface area contributed by atoms with Crippen molar-refractivity contribution in [2.45, 2.75) is 27.2 Å². The molecule has 0 fully saturated rings. The van der Waals surface area contributed by atoms with Crippen molar-refractivity contribution in [2.24, 2.45) is 5.92 Å². The molecular weight excluding hydrogens is 176 g/mol. The molecule has 0 aromatic carbocycles. The van der Waals surface area contributed by atoms with Gasteiger partial charge in [0.15, 0.2) is 0 Å². The Hall–Kier alpha value is 0.110. The topological polar surface area (TPSA) is 9.23 Å². The largest absolute Gasteiger partial charge is 0.479 e. The second-order valence-corrected chi connectivity index (χ2v) is 4.39. The van der Waals surface area contributed by atoms with E-state index in [1.54, 1.807) is 0 Å². The molecule has 0 atom stereocenters. The van der Waals surface area contributed by atoms with Crippen LogP contribution in [0.2, 0.25) is 0 Å². The van der Waals surface area contributed by atoms with Crippen LogP contribution in [-0.4, -0.2) is 16.4 Å². The van der Waals surface area contributed by atoms with Crippen molar-refractivity contribution in [2.75, 3.05) is 6.61 Å². The summed E-state index contributed by atoms with van der Waals surface area (Å²) in [7, 11) is 0. The van der Waals surface area contributed by atoms with Gasteiger partial charge < -0.3 is 4.74 Å². The monoisotopic (exact) mass is 192 g/mol. The lowest BCUT2D eigenvalue weighted by atomic mass is 10.2. The predicted molar refractivity (Wildman–Crippen MR) is 58.7 cm³/mol. The molecule has 0 bridgehead atoms. The molecule has 0 aliphatic carbocycles. The number of rotatable bonds is 3. The van der Waals surface area contributed by atoms with Gasteiger partial charge in [-0.25, -0.2) is 0 Å². The Morgan fingerprint density at radius 1 is 1.64 bits per heavy atom. The van der Waals surface area contributed by atoms with Crippen LogP contribution in [0.1, 0.15) is 27.2 Å². The summed E-state index contributed by atoms with van der Waals surface area (Å²) in [5.74, 6) is 0.560. The molecule has 0 saturated heterocycles. The van der Waals surface area contributed by atoms with E-state index in [9.17, 15) is 0 Å². The summed E-state index contributed by atoms with van der Waals surface area (Å²) >= 11 is 6.02. The third-order valence-corrected chi connectivity index (χ3v) is 2.24. The molecule has 66 valence electrons. The van der Waals surface area contributed by atoms with E-state index in [2.05, 4.69) is 26.1 Å². The fraction of sp³-hybridized carbons (Fsp3) is 0.750. The first-order valence-electron chi connectivity index (χ1n) is 3.86. The first kappa shape index (κ1) is 11.1. The van der Waals surface area contributed by atoms with Crippen molar-refractivity contribution >= 4 is 33.3 Å². The van der Waals surface area contributed by atoms with Gasteiger partial charge >= 0.3 is 0 Å². The number of thiol groups is 1. The van der Waals surface area contributed by atoms with E-state index in [-0.39, 0.29) is 0 Å². The van der Waals surface area contributed by atoms with E-state index < -0.39 is 0 Å². The zero-order valence-electron chi connectivity index (χ0n) is 7.33. The van der Waals surface area contributed by atoms with E-state index in [1.165, 1.54) is 0 Å². The van der Waals surface area contributed by atoms with Crippen molar-refractivity contribution in [1.29, 1.82) is 0 Å². The number of ether oxygens (including phenoxy) is 1. The molecule has 3 heteroatoms. The highest BCUT2D eigenvalue weighted by atomic mass is 32.2. The number of hydrogen-bond acceptors (Lipinski definition) is 2. The second kappa shape index (κ2) is 6.80. The summed E-state index contributed by atoms with van der Waals surface area (Å²) in [5, 5.41) is 2.10. The van der Waals surface area contributed by atoms with Gasteiger partial charge in [-0.2, -0.15) is 0 Å². The lowest BCUT2D eigenvalue weighted by molar-refractivity contribution is 0.273. The SMILES string of the molecule is CCC=[SH]C(=S)OCC(C)C. The third-order valence-electron chi connectivity index (χ3n) is 0.919. The van der Waals surface area contributed by atoms with Gasteiger partial charge in [-0.1, -0.05) is 26.1 Å². The fourth-order valence-corrected chi connectivity index (χ4v) is 1.21. The average molecular weight is 192 g/mol. The van der Waals surface area contributed by atoms with Crippen molar-refractivity contribution in [1.82, 2.24) is 0 Å². The lowest BCUT2D eigenvalue weighted by Gasteiger charge is -2.05. The minimum Gasteiger partial charge on any atom is -0.479 e.